The first kappa shape index (κ1) is 14.2. The summed E-state index contributed by atoms with van der Waals surface area (Å²) in [6.07, 6.45) is 0. The molecule has 2 amide bonds. The summed E-state index contributed by atoms with van der Waals surface area (Å²) in [6, 6.07) is 7.30. The van der Waals surface area contributed by atoms with Crippen molar-refractivity contribution < 1.29 is 14.0 Å². The molecule has 0 aliphatic heterocycles. The largest absolute Gasteiger partial charge is 0.272 e. The highest BCUT2D eigenvalue weighted by atomic mass is 32.1. The van der Waals surface area contributed by atoms with Crippen molar-refractivity contribution in [2.75, 3.05) is 0 Å². The van der Waals surface area contributed by atoms with Crippen molar-refractivity contribution in [3.8, 4) is 0 Å². The number of hydrogen-bond donors (Lipinski definition) is 2. The van der Waals surface area contributed by atoms with Crippen molar-refractivity contribution >= 4 is 23.2 Å². The molecule has 1 heterocycles. The van der Waals surface area contributed by atoms with Gasteiger partial charge in [0, 0.05) is 9.75 Å². The number of nitrogens with one attached hydrogen (secondary N) is 2. The zero-order chi connectivity index (χ0) is 14.7. The van der Waals surface area contributed by atoms with Crippen LogP contribution >= 0.6 is 11.3 Å². The van der Waals surface area contributed by atoms with Gasteiger partial charge in [0.05, 0.1) is 11.1 Å². The molecular formula is C14H13FN2O2S. The smallest absolute Gasteiger partial charge is 0.267 e. The Balaban J connectivity index is 2.02. The molecule has 0 bridgehead atoms. The molecule has 20 heavy (non-hydrogen) atoms. The Morgan fingerprint density at radius 3 is 2.20 bits per heavy atom. The molecule has 0 fully saturated rings. The van der Waals surface area contributed by atoms with Gasteiger partial charge in [0.25, 0.3) is 11.8 Å². The third-order valence-electron chi connectivity index (χ3n) is 2.69. The Labute approximate surface area is 119 Å². The van der Waals surface area contributed by atoms with Crippen molar-refractivity contribution in [2.24, 2.45) is 0 Å². The maximum Gasteiger partial charge on any atom is 0.272 e. The van der Waals surface area contributed by atoms with Crippen LogP contribution in [0.2, 0.25) is 0 Å². The quantitative estimate of drug-likeness (QED) is 0.836. The molecule has 104 valence electrons. The standard InChI is InChI=1S/C14H13FN2O2S/c1-8-7-11(9(2)20-8)14(19)17-16-13(18)10-5-3-4-6-12(10)15/h3-7H,1-2H3,(H,16,18)(H,17,19). The lowest BCUT2D eigenvalue weighted by molar-refractivity contribution is 0.0844. The summed E-state index contributed by atoms with van der Waals surface area (Å²) >= 11 is 1.50. The SMILES string of the molecule is Cc1cc(C(=O)NNC(=O)c2ccccc2F)c(C)s1. The van der Waals surface area contributed by atoms with E-state index in [1.54, 1.807) is 12.1 Å². The summed E-state index contributed by atoms with van der Waals surface area (Å²) < 4.78 is 13.4. The minimum absolute atomic E-state index is 0.119. The van der Waals surface area contributed by atoms with Crippen LogP contribution in [-0.2, 0) is 0 Å². The maximum absolute atomic E-state index is 13.4. The molecule has 6 heteroatoms. The van der Waals surface area contributed by atoms with Crippen molar-refractivity contribution in [3.63, 3.8) is 0 Å². The van der Waals surface area contributed by atoms with Crippen molar-refractivity contribution in [3.05, 3.63) is 57.0 Å². The summed E-state index contributed by atoms with van der Waals surface area (Å²) in [7, 11) is 0. The van der Waals surface area contributed by atoms with Crippen LogP contribution in [0.5, 0.6) is 0 Å². The zero-order valence-corrected chi connectivity index (χ0v) is 11.8. The van der Waals surface area contributed by atoms with E-state index in [-0.39, 0.29) is 5.56 Å². The topological polar surface area (TPSA) is 58.2 Å². The minimum Gasteiger partial charge on any atom is -0.267 e. The summed E-state index contributed by atoms with van der Waals surface area (Å²) in [6.45, 7) is 3.72. The lowest BCUT2D eigenvalue weighted by atomic mass is 10.2. The van der Waals surface area contributed by atoms with Gasteiger partial charge in [0.1, 0.15) is 5.82 Å². The molecule has 0 saturated heterocycles. The summed E-state index contributed by atoms with van der Waals surface area (Å²) in [5.74, 6) is -1.75. The zero-order valence-electron chi connectivity index (χ0n) is 11.0. The molecule has 2 rings (SSSR count). The normalized spacial score (nSPS) is 10.2. The second-order valence-corrected chi connectivity index (χ2v) is 5.68. The Morgan fingerprint density at radius 1 is 1.05 bits per heavy atom. The second kappa shape index (κ2) is 5.83. The van der Waals surface area contributed by atoms with Gasteiger partial charge >= 0.3 is 0 Å². The number of hydrazine groups is 1. The molecule has 0 aliphatic rings. The molecule has 2 aromatic rings. The Bertz CT molecular complexity index is 667. The Morgan fingerprint density at radius 2 is 1.65 bits per heavy atom. The van der Waals surface area contributed by atoms with E-state index >= 15 is 0 Å². The molecule has 0 spiro atoms. The van der Waals surface area contributed by atoms with Gasteiger partial charge in [0.15, 0.2) is 0 Å². The highest BCUT2D eigenvalue weighted by Crippen LogP contribution is 2.20. The highest BCUT2D eigenvalue weighted by molar-refractivity contribution is 7.12. The van der Waals surface area contributed by atoms with Crippen LogP contribution in [0.4, 0.5) is 4.39 Å². The molecule has 0 radical (unpaired) electrons. The number of hydrogen-bond acceptors (Lipinski definition) is 3. The Hall–Kier alpha value is -2.21. The van der Waals surface area contributed by atoms with E-state index in [0.717, 1.165) is 9.75 Å². The van der Waals surface area contributed by atoms with Crippen molar-refractivity contribution in [2.45, 2.75) is 13.8 Å². The summed E-state index contributed by atoms with van der Waals surface area (Å²) in [5, 5.41) is 0. The van der Waals surface area contributed by atoms with Gasteiger partial charge in [-0.05, 0) is 32.0 Å². The highest BCUT2D eigenvalue weighted by Gasteiger charge is 2.14. The maximum atomic E-state index is 13.4. The monoisotopic (exact) mass is 292 g/mol. The van der Waals surface area contributed by atoms with Crippen LogP contribution in [0.1, 0.15) is 30.5 Å². The van der Waals surface area contributed by atoms with Gasteiger partial charge in [-0.1, -0.05) is 12.1 Å². The fourth-order valence-electron chi connectivity index (χ4n) is 1.75. The van der Waals surface area contributed by atoms with Crippen LogP contribution in [0.3, 0.4) is 0 Å². The van der Waals surface area contributed by atoms with E-state index < -0.39 is 17.6 Å². The lowest BCUT2D eigenvalue weighted by Crippen LogP contribution is -2.42. The minimum atomic E-state index is -0.693. The Kier molecular flexibility index (Phi) is 4.14. The first-order valence-corrected chi connectivity index (χ1v) is 6.73. The first-order valence-electron chi connectivity index (χ1n) is 5.91. The fraction of sp³-hybridized carbons (Fsp3) is 0.143. The number of rotatable bonds is 2. The van der Waals surface area contributed by atoms with Crippen LogP contribution in [-0.4, -0.2) is 11.8 Å². The molecule has 4 nitrogen and oxygen atoms in total. The molecule has 0 atom stereocenters. The average molecular weight is 292 g/mol. The number of aryl methyl sites for hydroxylation is 2. The van der Waals surface area contributed by atoms with E-state index in [4.69, 9.17) is 0 Å². The lowest BCUT2D eigenvalue weighted by Gasteiger charge is -2.07. The van der Waals surface area contributed by atoms with E-state index in [1.807, 2.05) is 13.8 Å². The van der Waals surface area contributed by atoms with Crippen LogP contribution in [0.15, 0.2) is 30.3 Å². The van der Waals surface area contributed by atoms with Gasteiger partial charge in [0.2, 0.25) is 0 Å². The number of carbonyl (C=O) groups is 2. The van der Waals surface area contributed by atoms with Gasteiger partial charge in [-0.3, -0.25) is 20.4 Å². The second-order valence-electron chi connectivity index (χ2n) is 4.22. The molecular weight excluding hydrogens is 279 g/mol. The van der Waals surface area contributed by atoms with Crippen LogP contribution < -0.4 is 10.9 Å². The number of thiophene rings is 1. The first-order chi connectivity index (χ1) is 9.49. The number of amides is 2. The van der Waals surface area contributed by atoms with E-state index in [9.17, 15) is 14.0 Å². The van der Waals surface area contributed by atoms with Gasteiger partial charge in [-0.2, -0.15) is 0 Å². The predicted molar refractivity (Wildman–Crippen MR) is 75.1 cm³/mol. The van der Waals surface area contributed by atoms with E-state index in [0.29, 0.717) is 5.56 Å². The predicted octanol–water partition coefficient (Wildman–Crippen LogP) is 2.58. The van der Waals surface area contributed by atoms with Crippen LogP contribution in [0, 0.1) is 19.7 Å². The molecule has 2 N–H and O–H groups in total. The van der Waals surface area contributed by atoms with E-state index in [1.165, 1.54) is 29.5 Å². The number of halogens is 1. The molecule has 1 aromatic carbocycles. The third-order valence-corrected chi connectivity index (χ3v) is 3.66. The van der Waals surface area contributed by atoms with Crippen LogP contribution in [0.25, 0.3) is 0 Å². The average Bonchev–Trinajstić information content (AvgIpc) is 2.75. The van der Waals surface area contributed by atoms with Gasteiger partial charge < -0.3 is 0 Å². The molecule has 0 aliphatic carbocycles. The molecule has 0 unspecified atom stereocenters. The number of carbonyl (C=O) groups excluding carboxylic acids is 2. The third kappa shape index (κ3) is 3.03. The summed E-state index contributed by atoms with van der Waals surface area (Å²) in [5.41, 5.74) is 4.86. The fourth-order valence-corrected chi connectivity index (χ4v) is 2.67. The van der Waals surface area contributed by atoms with Gasteiger partial charge in [-0.25, -0.2) is 4.39 Å². The van der Waals surface area contributed by atoms with Crippen molar-refractivity contribution in [1.29, 1.82) is 0 Å². The molecule has 1 aromatic heterocycles. The number of benzene rings is 1. The summed E-state index contributed by atoms with van der Waals surface area (Å²) in [4.78, 5) is 25.5. The van der Waals surface area contributed by atoms with Crippen molar-refractivity contribution in [1.82, 2.24) is 10.9 Å². The van der Waals surface area contributed by atoms with Gasteiger partial charge in [-0.15, -0.1) is 11.3 Å². The molecule has 0 saturated carbocycles. The van der Waals surface area contributed by atoms with E-state index in [2.05, 4.69) is 10.9 Å².